The molecule has 1 saturated carbocycles. The van der Waals surface area contributed by atoms with Crippen molar-refractivity contribution in [3.8, 4) is 0 Å². The second-order valence-electron chi connectivity index (χ2n) is 5.21. The summed E-state index contributed by atoms with van der Waals surface area (Å²) in [4.78, 5) is 2.40. The first-order chi connectivity index (χ1) is 7.38. The summed E-state index contributed by atoms with van der Waals surface area (Å²) in [5.41, 5.74) is 0. The second kappa shape index (κ2) is 5.86. The van der Waals surface area contributed by atoms with Crippen LogP contribution >= 0.6 is 0 Å². The van der Waals surface area contributed by atoms with E-state index in [-0.39, 0.29) is 6.23 Å². The highest BCUT2D eigenvalue weighted by Gasteiger charge is 2.26. The third-order valence-electron chi connectivity index (χ3n) is 4.06. The predicted octanol–water partition coefficient (Wildman–Crippen LogP) is 2.90. The molecule has 0 aromatic heterocycles. The Morgan fingerprint density at radius 1 is 0.733 bits per heavy atom. The monoisotopic (exact) mass is 211 g/mol. The molecule has 88 valence electrons. The lowest BCUT2D eigenvalue weighted by Gasteiger charge is -2.33. The highest BCUT2D eigenvalue weighted by Crippen LogP contribution is 2.26. The smallest absolute Gasteiger partial charge is 0.107 e. The van der Waals surface area contributed by atoms with Crippen molar-refractivity contribution in [2.75, 3.05) is 6.54 Å². The van der Waals surface area contributed by atoms with Crippen molar-refractivity contribution in [3.63, 3.8) is 0 Å². The van der Waals surface area contributed by atoms with Gasteiger partial charge in [0.05, 0.1) is 0 Å². The van der Waals surface area contributed by atoms with E-state index in [1.54, 1.807) is 0 Å². The molecule has 1 aliphatic heterocycles. The number of aliphatic hydroxyl groups excluding tert-OH is 1. The zero-order valence-electron chi connectivity index (χ0n) is 9.83. The molecule has 2 rings (SSSR count). The highest BCUT2D eigenvalue weighted by molar-refractivity contribution is 4.78. The highest BCUT2D eigenvalue weighted by atomic mass is 16.3. The summed E-state index contributed by atoms with van der Waals surface area (Å²) in [6.45, 7) is 1.13. The molecule has 1 saturated heterocycles. The third kappa shape index (κ3) is 3.18. The van der Waals surface area contributed by atoms with Crippen LogP contribution in [-0.2, 0) is 0 Å². The molecular weight excluding hydrogens is 186 g/mol. The van der Waals surface area contributed by atoms with Crippen LogP contribution < -0.4 is 0 Å². The first-order valence-electron chi connectivity index (χ1n) is 6.82. The van der Waals surface area contributed by atoms with E-state index in [4.69, 9.17) is 0 Å². The number of likely N-dealkylation sites (tertiary alicyclic amines) is 1. The van der Waals surface area contributed by atoms with Gasteiger partial charge < -0.3 is 5.11 Å². The Balaban J connectivity index is 1.92. The van der Waals surface area contributed by atoms with Crippen molar-refractivity contribution in [2.24, 2.45) is 0 Å². The lowest BCUT2D eigenvalue weighted by Crippen LogP contribution is -2.42. The Morgan fingerprint density at radius 3 is 2.07 bits per heavy atom. The molecule has 0 amide bonds. The van der Waals surface area contributed by atoms with Crippen LogP contribution in [0.15, 0.2) is 0 Å². The van der Waals surface area contributed by atoms with Crippen molar-refractivity contribution >= 4 is 0 Å². The fourth-order valence-corrected chi connectivity index (χ4v) is 3.13. The molecule has 2 fully saturated rings. The maximum atomic E-state index is 10.1. The molecule has 0 aromatic rings. The van der Waals surface area contributed by atoms with Crippen LogP contribution in [0.2, 0.25) is 0 Å². The lowest BCUT2D eigenvalue weighted by molar-refractivity contribution is -0.0276. The first-order valence-corrected chi connectivity index (χ1v) is 6.82. The van der Waals surface area contributed by atoms with E-state index >= 15 is 0 Å². The van der Waals surface area contributed by atoms with E-state index in [0.29, 0.717) is 6.04 Å². The van der Waals surface area contributed by atoms with Crippen LogP contribution in [0.5, 0.6) is 0 Å². The molecule has 2 heteroatoms. The van der Waals surface area contributed by atoms with Crippen LogP contribution in [0.25, 0.3) is 0 Å². The Bertz CT molecular complexity index is 175. The van der Waals surface area contributed by atoms with Crippen LogP contribution in [0.1, 0.15) is 64.2 Å². The molecule has 0 spiro atoms. The van der Waals surface area contributed by atoms with Crippen molar-refractivity contribution in [1.82, 2.24) is 4.90 Å². The molecule has 1 heterocycles. The number of rotatable bonds is 1. The van der Waals surface area contributed by atoms with E-state index < -0.39 is 0 Å². The largest absolute Gasteiger partial charge is 0.378 e. The number of hydrogen-bond acceptors (Lipinski definition) is 2. The van der Waals surface area contributed by atoms with Gasteiger partial charge in [0.25, 0.3) is 0 Å². The maximum Gasteiger partial charge on any atom is 0.107 e. The number of aliphatic hydroxyl groups is 1. The fourth-order valence-electron chi connectivity index (χ4n) is 3.13. The SMILES string of the molecule is OC1CCCCCN1C1CCCCCC1. The van der Waals surface area contributed by atoms with Gasteiger partial charge in [-0.25, -0.2) is 0 Å². The van der Waals surface area contributed by atoms with Gasteiger partial charge in [-0.3, -0.25) is 4.90 Å². The van der Waals surface area contributed by atoms with Gasteiger partial charge in [0, 0.05) is 12.6 Å². The van der Waals surface area contributed by atoms with E-state index in [1.807, 2.05) is 0 Å². The average Bonchev–Trinajstić information content (AvgIpc) is 2.59. The van der Waals surface area contributed by atoms with Gasteiger partial charge in [-0.15, -0.1) is 0 Å². The van der Waals surface area contributed by atoms with E-state index in [1.165, 1.54) is 57.8 Å². The Morgan fingerprint density at radius 2 is 1.33 bits per heavy atom. The maximum absolute atomic E-state index is 10.1. The topological polar surface area (TPSA) is 23.5 Å². The van der Waals surface area contributed by atoms with Crippen molar-refractivity contribution < 1.29 is 5.11 Å². The molecule has 1 unspecified atom stereocenters. The van der Waals surface area contributed by atoms with Crippen molar-refractivity contribution in [3.05, 3.63) is 0 Å². The molecule has 1 aliphatic carbocycles. The molecular formula is C13H25NO. The Hall–Kier alpha value is -0.0800. The van der Waals surface area contributed by atoms with E-state index in [2.05, 4.69) is 4.90 Å². The molecule has 0 radical (unpaired) electrons. The fraction of sp³-hybridized carbons (Fsp3) is 1.00. The van der Waals surface area contributed by atoms with Gasteiger partial charge in [-0.1, -0.05) is 32.1 Å². The van der Waals surface area contributed by atoms with Gasteiger partial charge in [-0.05, 0) is 32.1 Å². The van der Waals surface area contributed by atoms with Gasteiger partial charge in [0.2, 0.25) is 0 Å². The van der Waals surface area contributed by atoms with Crippen molar-refractivity contribution in [1.29, 1.82) is 0 Å². The molecule has 0 bridgehead atoms. The summed E-state index contributed by atoms with van der Waals surface area (Å²) in [6, 6.07) is 0.681. The van der Waals surface area contributed by atoms with Crippen LogP contribution in [0.3, 0.4) is 0 Å². The normalized spacial score (nSPS) is 32.2. The second-order valence-corrected chi connectivity index (χ2v) is 5.21. The van der Waals surface area contributed by atoms with Gasteiger partial charge in [-0.2, -0.15) is 0 Å². The van der Waals surface area contributed by atoms with Crippen LogP contribution in [0.4, 0.5) is 0 Å². The quantitative estimate of drug-likeness (QED) is 0.674. The third-order valence-corrected chi connectivity index (χ3v) is 4.06. The molecule has 15 heavy (non-hydrogen) atoms. The Labute approximate surface area is 93.7 Å². The first kappa shape index (κ1) is 11.4. The van der Waals surface area contributed by atoms with E-state index in [9.17, 15) is 5.11 Å². The molecule has 1 atom stereocenters. The molecule has 1 N–H and O–H groups in total. The summed E-state index contributed by atoms with van der Waals surface area (Å²) >= 11 is 0. The predicted molar refractivity (Wildman–Crippen MR) is 62.7 cm³/mol. The minimum absolute atomic E-state index is 0.143. The summed E-state index contributed by atoms with van der Waals surface area (Å²) in [7, 11) is 0. The van der Waals surface area contributed by atoms with Crippen LogP contribution in [0, 0.1) is 0 Å². The zero-order chi connectivity index (χ0) is 10.5. The van der Waals surface area contributed by atoms with E-state index in [0.717, 1.165) is 13.0 Å². The minimum atomic E-state index is -0.143. The van der Waals surface area contributed by atoms with Crippen LogP contribution in [-0.4, -0.2) is 28.8 Å². The molecule has 2 nitrogen and oxygen atoms in total. The molecule has 2 aliphatic rings. The zero-order valence-corrected chi connectivity index (χ0v) is 9.83. The van der Waals surface area contributed by atoms with Gasteiger partial charge >= 0.3 is 0 Å². The lowest BCUT2D eigenvalue weighted by atomic mass is 10.1. The van der Waals surface area contributed by atoms with Gasteiger partial charge in [0.15, 0.2) is 0 Å². The minimum Gasteiger partial charge on any atom is -0.378 e. The summed E-state index contributed by atoms with van der Waals surface area (Å²) in [5.74, 6) is 0. The van der Waals surface area contributed by atoms with Gasteiger partial charge in [0.1, 0.15) is 6.23 Å². The summed E-state index contributed by atoms with van der Waals surface area (Å²) in [5, 5.41) is 10.1. The molecule has 0 aromatic carbocycles. The average molecular weight is 211 g/mol. The Kier molecular flexibility index (Phi) is 4.45. The standard InChI is InChI=1S/C13H25NO/c15-13-10-6-3-7-11-14(13)12-8-4-1-2-5-9-12/h12-13,15H,1-11H2. The number of hydrogen-bond donors (Lipinski definition) is 1. The number of nitrogens with zero attached hydrogens (tertiary/aromatic N) is 1. The van der Waals surface area contributed by atoms with Crippen molar-refractivity contribution in [2.45, 2.75) is 76.5 Å². The summed E-state index contributed by atoms with van der Waals surface area (Å²) in [6.07, 6.45) is 12.8. The summed E-state index contributed by atoms with van der Waals surface area (Å²) < 4.78 is 0.